The highest BCUT2D eigenvalue weighted by Gasteiger charge is 2.32. The van der Waals surface area contributed by atoms with Crippen molar-refractivity contribution in [2.75, 3.05) is 12.4 Å². The molecule has 1 aliphatic rings. The van der Waals surface area contributed by atoms with Crippen LogP contribution in [0.1, 0.15) is 24.5 Å². The number of benzene rings is 1. The Labute approximate surface area is 113 Å². The van der Waals surface area contributed by atoms with E-state index >= 15 is 0 Å². The van der Waals surface area contributed by atoms with Crippen molar-refractivity contribution in [1.82, 2.24) is 0 Å². The van der Waals surface area contributed by atoms with Crippen LogP contribution in [0.4, 0.5) is 13.2 Å². The van der Waals surface area contributed by atoms with Crippen LogP contribution in [-0.2, 0) is 6.18 Å². The van der Waals surface area contributed by atoms with E-state index in [0.29, 0.717) is 12.0 Å². The molecule has 1 unspecified atom stereocenters. The third kappa shape index (κ3) is 3.30. The fraction of sp³-hybridized carbons (Fsp3) is 0.462. The van der Waals surface area contributed by atoms with E-state index in [1.54, 1.807) is 0 Å². The predicted molar refractivity (Wildman–Crippen MR) is 70.5 cm³/mol. The molecule has 0 aliphatic carbocycles. The Kier molecular flexibility index (Phi) is 3.92. The van der Waals surface area contributed by atoms with Gasteiger partial charge < -0.3 is 5.11 Å². The summed E-state index contributed by atoms with van der Waals surface area (Å²) in [5.41, 5.74) is -0.283. The molecule has 2 rings (SSSR count). The molecule has 0 fully saturated rings. The Bertz CT molecular complexity index is 484. The van der Waals surface area contributed by atoms with Crippen molar-refractivity contribution >= 4 is 16.8 Å². The van der Waals surface area contributed by atoms with Gasteiger partial charge in [-0.3, -0.25) is 4.99 Å². The van der Waals surface area contributed by atoms with Gasteiger partial charge in [-0.15, -0.1) is 11.8 Å². The number of thioether (sulfide) groups is 1. The third-order valence-electron chi connectivity index (χ3n) is 3.00. The van der Waals surface area contributed by atoms with Crippen molar-refractivity contribution in [3.8, 4) is 0 Å². The number of halogens is 3. The van der Waals surface area contributed by atoms with Gasteiger partial charge in [0.1, 0.15) is 0 Å². The second-order valence-corrected chi connectivity index (χ2v) is 5.72. The van der Waals surface area contributed by atoms with Crippen LogP contribution < -0.4 is 0 Å². The Morgan fingerprint density at radius 1 is 1.32 bits per heavy atom. The number of aliphatic hydroxyl groups is 1. The maximum Gasteiger partial charge on any atom is 0.416 e. The fourth-order valence-electron chi connectivity index (χ4n) is 1.85. The van der Waals surface area contributed by atoms with Crippen molar-refractivity contribution in [2.45, 2.75) is 25.1 Å². The summed E-state index contributed by atoms with van der Waals surface area (Å²) in [6.07, 6.45) is -3.75. The van der Waals surface area contributed by atoms with Crippen molar-refractivity contribution in [1.29, 1.82) is 0 Å². The maximum absolute atomic E-state index is 12.5. The lowest BCUT2D eigenvalue weighted by atomic mass is 10.0. The molecule has 0 radical (unpaired) electrons. The van der Waals surface area contributed by atoms with Gasteiger partial charge in [-0.05, 0) is 25.5 Å². The molecule has 1 N–H and O–H groups in total. The average molecular weight is 289 g/mol. The first kappa shape index (κ1) is 14.4. The molecule has 0 aromatic heterocycles. The zero-order valence-electron chi connectivity index (χ0n) is 10.4. The van der Waals surface area contributed by atoms with Crippen LogP contribution in [0.3, 0.4) is 0 Å². The van der Waals surface area contributed by atoms with E-state index in [-0.39, 0.29) is 12.1 Å². The van der Waals surface area contributed by atoms with Crippen LogP contribution in [0.5, 0.6) is 0 Å². The monoisotopic (exact) mass is 289 g/mol. The van der Waals surface area contributed by atoms with E-state index in [0.717, 1.165) is 22.9 Å². The average Bonchev–Trinajstić information content (AvgIpc) is 2.71. The van der Waals surface area contributed by atoms with Crippen LogP contribution in [-0.4, -0.2) is 28.0 Å². The Morgan fingerprint density at radius 3 is 2.47 bits per heavy atom. The molecule has 1 atom stereocenters. The SMILES string of the molecule is CC1(CCO)CSC(c2ccc(C(F)(F)F)cc2)=N1. The zero-order chi connectivity index (χ0) is 14.1. The van der Waals surface area contributed by atoms with Crippen molar-refractivity contribution in [3.63, 3.8) is 0 Å². The summed E-state index contributed by atoms with van der Waals surface area (Å²) in [4.78, 5) is 4.51. The Morgan fingerprint density at radius 2 is 1.95 bits per heavy atom. The minimum absolute atomic E-state index is 0.0564. The largest absolute Gasteiger partial charge is 0.416 e. The standard InChI is InChI=1S/C13H14F3NOS/c1-12(6-7-18)8-19-11(17-12)9-2-4-10(5-3-9)13(14,15)16/h2-5,18H,6-8H2,1H3. The minimum Gasteiger partial charge on any atom is -0.396 e. The predicted octanol–water partition coefficient (Wildman–Crippen LogP) is 3.34. The molecule has 19 heavy (non-hydrogen) atoms. The summed E-state index contributed by atoms with van der Waals surface area (Å²) < 4.78 is 37.4. The summed E-state index contributed by atoms with van der Waals surface area (Å²) >= 11 is 1.51. The van der Waals surface area contributed by atoms with E-state index in [2.05, 4.69) is 4.99 Å². The molecule has 6 heteroatoms. The normalized spacial score (nSPS) is 23.5. The molecule has 1 aromatic rings. The smallest absolute Gasteiger partial charge is 0.396 e. The number of rotatable bonds is 3. The van der Waals surface area contributed by atoms with Gasteiger partial charge in [0.05, 0.1) is 16.1 Å². The van der Waals surface area contributed by atoms with Crippen LogP contribution in [0, 0.1) is 0 Å². The van der Waals surface area contributed by atoms with Crippen LogP contribution in [0.2, 0.25) is 0 Å². The highest BCUT2D eigenvalue weighted by Crippen LogP contribution is 2.34. The molecule has 0 amide bonds. The van der Waals surface area contributed by atoms with E-state index in [4.69, 9.17) is 5.11 Å². The van der Waals surface area contributed by atoms with Gasteiger partial charge in [0.2, 0.25) is 0 Å². The van der Waals surface area contributed by atoms with Crippen LogP contribution >= 0.6 is 11.8 Å². The molecular weight excluding hydrogens is 275 g/mol. The summed E-state index contributed by atoms with van der Waals surface area (Å²) in [6.45, 7) is 1.99. The first-order chi connectivity index (χ1) is 8.84. The van der Waals surface area contributed by atoms with Gasteiger partial charge in [-0.25, -0.2) is 0 Å². The zero-order valence-corrected chi connectivity index (χ0v) is 11.2. The number of nitrogens with zero attached hydrogens (tertiary/aromatic N) is 1. The molecule has 104 valence electrons. The van der Waals surface area contributed by atoms with Crippen molar-refractivity contribution in [3.05, 3.63) is 35.4 Å². The second-order valence-electron chi connectivity index (χ2n) is 4.75. The van der Waals surface area contributed by atoms with E-state index in [1.807, 2.05) is 6.92 Å². The first-order valence-electron chi connectivity index (χ1n) is 5.85. The highest BCUT2D eigenvalue weighted by atomic mass is 32.2. The van der Waals surface area contributed by atoms with Gasteiger partial charge in [-0.2, -0.15) is 13.2 Å². The lowest BCUT2D eigenvalue weighted by molar-refractivity contribution is -0.137. The van der Waals surface area contributed by atoms with Crippen LogP contribution in [0.25, 0.3) is 0 Å². The number of hydrogen-bond donors (Lipinski definition) is 1. The minimum atomic E-state index is -4.31. The van der Waals surface area contributed by atoms with Crippen molar-refractivity contribution in [2.24, 2.45) is 4.99 Å². The lowest BCUT2D eigenvalue weighted by Crippen LogP contribution is -2.23. The van der Waals surface area contributed by atoms with E-state index in [9.17, 15) is 13.2 Å². The third-order valence-corrected chi connectivity index (χ3v) is 4.37. The topological polar surface area (TPSA) is 32.6 Å². The maximum atomic E-state index is 12.5. The number of aliphatic imine (C=N–C) groups is 1. The van der Waals surface area contributed by atoms with Gasteiger partial charge in [0, 0.05) is 17.9 Å². The van der Waals surface area contributed by atoms with E-state index in [1.165, 1.54) is 23.9 Å². The second kappa shape index (κ2) is 5.17. The molecule has 1 aromatic carbocycles. The molecule has 0 saturated carbocycles. The first-order valence-corrected chi connectivity index (χ1v) is 6.84. The summed E-state index contributed by atoms with van der Waals surface area (Å²) in [7, 11) is 0. The Hall–Kier alpha value is -1.01. The fourth-order valence-corrected chi connectivity index (χ4v) is 3.10. The molecule has 1 heterocycles. The van der Waals surface area contributed by atoms with Gasteiger partial charge in [-0.1, -0.05) is 12.1 Å². The summed E-state index contributed by atoms with van der Waals surface area (Å²) in [6, 6.07) is 5.03. The van der Waals surface area contributed by atoms with Crippen LogP contribution in [0.15, 0.2) is 29.3 Å². The molecule has 0 saturated heterocycles. The molecule has 2 nitrogen and oxygen atoms in total. The quantitative estimate of drug-likeness (QED) is 0.925. The summed E-state index contributed by atoms with van der Waals surface area (Å²) in [5, 5.41) is 9.71. The van der Waals surface area contributed by atoms with Gasteiger partial charge in [0.15, 0.2) is 0 Å². The lowest BCUT2D eigenvalue weighted by Gasteiger charge is -2.17. The summed E-state index contributed by atoms with van der Waals surface area (Å²) in [5.74, 6) is 0.740. The highest BCUT2D eigenvalue weighted by molar-refractivity contribution is 8.14. The molecule has 0 bridgehead atoms. The number of alkyl halides is 3. The molecular formula is C13H14F3NOS. The van der Waals surface area contributed by atoms with Gasteiger partial charge in [0.25, 0.3) is 0 Å². The number of hydrogen-bond acceptors (Lipinski definition) is 3. The Balaban J connectivity index is 2.20. The molecule has 1 aliphatic heterocycles. The van der Waals surface area contributed by atoms with E-state index < -0.39 is 11.7 Å². The van der Waals surface area contributed by atoms with Gasteiger partial charge >= 0.3 is 6.18 Å². The molecule has 0 spiro atoms. The van der Waals surface area contributed by atoms with Crippen molar-refractivity contribution < 1.29 is 18.3 Å². The number of aliphatic hydroxyl groups excluding tert-OH is 1.